The van der Waals surface area contributed by atoms with Gasteiger partial charge in [-0.3, -0.25) is 14.4 Å². The van der Waals surface area contributed by atoms with Crippen molar-refractivity contribution >= 4 is 17.7 Å². The second-order valence-electron chi connectivity index (χ2n) is 11.9. The Morgan fingerprint density at radius 2 is 0.833 bits per heavy atom. The fourth-order valence-corrected chi connectivity index (χ4v) is 3.90. The maximum atomic E-state index is 13.1. The first kappa shape index (κ1) is 38.8. The smallest absolute Gasteiger partial charge is 0.262 e. The Balaban J connectivity index is 5.41. The second-order valence-corrected chi connectivity index (χ2v) is 11.9. The molecule has 0 unspecified atom stereocenters. The Morgan fingerprint density at radius 3 is 1.14 bits per heavy atom. The number of hydrogen-bond acceptors (Lipinski definition) is 4. The van der Waals surface area contributed by atoms with E-state index in [9.17, 15) is 19.5 Å². The summed E-state index contributed by atoms with van der Waals surface area (Å²) in [5.41, 5.74) is 4.50. The van der Waals surface area contributed by atoms with E-state index in [1.54, 1.807) is 0 Å². The van der Waals surface area contributed by atoms with Gasteiger partial charge < -0.3 is 21.1 Å². The molecular weight excluding hydrogens is 526 g/mol. The first-order chi connectivity index (χ1) is 19.7. The van der Waals surface area contributed by atoms with Gasteiger partial charge in [0, 0.05) is 19.6 Å². The van der Waals surface area contributed by atoms with Gasteiger partial charge in [-0.05, 0) is 101 Å². The van der Waals surface area contributed by atoms with E-state index >= 15 is 0 Å². The Morgan fingerprint density at radius 1 is 0.524 bits per heavy atom. The molecule has 0 aliphatic carbocycles. The Bertz CT molecular complexity index is 1010. The molecule has 0 spiro atoms. The number of amides is 3. The molecule has 0 aromatic heterocycles. The lowest BCUT2D eigenvalue weighted by molar-refractivity contribution is -0.157. The van der Waals surface area contributed by atoms with Gasteiger partial charge in [0.1, 0.15) is 0 Å². The van der Waals surface area contributed by atoms with E-state index < -0.39 is 29.7 Å². The summed E-state index contributed by atoms with van der Waals surface area (Å²) in [5, 5.41) is 19.2. The number of carbonyl (C=O) groups is 3. The van der Waals surface area contributed by atoms with Crippen LogP contribution in [0.2, 0.25) is 0 Å². The zero-order chi connectivity index (χ0) is 32.1. The fourth-order valence-electron chi connectivity index (χ4n) is 3.90. The summed E-state index contributed by atoms with van der Waals surface area (Å²) in [5.74, 6) is -2.39. The molecule has 236 valence electrons. The van der Waals surface area contributed by atoms with Crippen LogP contribution in [0.15, 0.2) is 69.9 Å². The van der Waals surface area contributed by atoms with Gasteiger partial charge in [0.15, 0.2) is 0 Å². The molecular formula is C35H57N3O4. The average Bonchev–Trinajstić information content (AvgIpc) is 2.87. The zero-order valence-corrected chi connectivity index (χ0v) is 27.7. The van der Waals surface area contributed by atoms with Gasteiger partial charge in [-0.25, -0.2) is 0 Å². The fraction of sp³-hybridized carbons (Fsp3) is 0.571. The third kappa shape index (κ3) is 19.0. The minimum atomic E-state index is -2.54. The molecule has 4 N–H and O–H groups in total. The van der Waals surface area contributed by atoms with E-state index in [-0.39, 0.29) is 19.6 Å². The van der Waals surface area contributed by atoms with Crippen LogP contribution in [-0.4, -0.2) is 48.1 Å². The molecule has 0 radical (unpaired) electrons. The molecule has 3 amide bonds. The zero-order valence-electron chi connectivity index (χ0n) is 27.7. The standard InChI is InChI=1S/C35H57N3O4/c1-26(2)13-10-16-29(7)19-22-36-32(39)25-35(42,33(40)37-23-20-30(8)17-11-14-27(3)4)34(41)38-24-21-31(9)18-12-15-28(5)6/h13-15,19-21,42H,10-12,16-18,22-25H2,1-9H3,(H,36,39)(H,37,40)(H,38,41)/b29-19+,30-20+,31-21+. The molecule has 0 heterocycles. The largest absolute Gasteiger partial charge is 0.371 e. The quantitative estimate of drug-likeness (QED) is 0.102. The first-order valence-corrected chi connectivity index (χ1v) is 15.1. The molecule has 0 fully saturated rings. The van der Waals surface area contributed by atoms with Gasteiger partial charge in [0.25, 0.3) is 11.8 Å². The molecule has 0 rings (SSSR count). The van der Waals surface area contributed by atoms with Gasteiger partial charge in [-0.15, -0.1) is 0 Å². The molecule has 0 saturated carbocycles. The van der Waals surface area contributed by atoms with E-state index in [1.807, 2.05) is 66.7 Å². The maximum absolute atomic E-state index is 13.1. The van der Waals surface area contributed by atoms with Crippen molar-refractivity contribution in [2.75, 3.05) is 19.6 Å². The minimum absolute atomic E-state index is 0.147. The molecule has 0 atom stereocenters. The number of rotatable bonds is 19. The normalized spacial score (nSPS) is 12.3. The van der Waals surface area contributed by atoms with E-state index in [0.29, 0.717) is 0 Å². The van der Waals surface area contributed by atoms with Crippen LogP contribution in [-0.2, 0) is 14.4 Å². The third-order valence-electron chi connectivity index (χ3n) is 6.62. The number of aliphatic hydroxyl groups is 1. The molecule has 7 nitrogen and oxygen atoms in total. The highest BCUT2D eigenvalue weighted by Crippen LogP contribution is 2.13. The predicted octanol–water partition coefficient (Wildman–Crippen LogP) is 6.53. The van der Waals surface area contributed by atoms with Crippen molar-refractivity contribution in [2.45, 2.75) is 113 Å². The van der Waals surface area contributed by atoms with Crippen molar-refractivity contribution in [3.8, 4) is 0 Å². The molecule has 0 bridgehead atoms. The van der Waals surface area contributed by atoms with Gasteiger partial charge in [0.2, 0.25) is 11.5 Å². The SMILES string of the molecule is CC(C)=CCC/C(C)=C/CNC(=O)CC(O)(C(=O)NC/C=C(\C)CCC=C(C)C)C(=O)NC/C=C(\C)CCC=C(C)C. The summed E-state index contributed by atoms with van der Waals surface area (Å²) in [4.78, 5) is 39.0. The topological polar surface area (TPSA) is 108 Å². The molecule has 7 heteroatoms. The lowest BCUT2D eigenvalue weighted by atomic mass is 9.96. The van der Waals surface area contributed by atoms with Crippen LogP contribution in [0.25, 0.3) is 0 Å². The van der Waals surface area contributed by atoms with E-state index in [0.717, 1.165) is 55.2 Å². The molecule has 0 saturated heterocycles. The van der Waals surface area contributed by atoms with Gasteiger partial charge in [0.05, 0.1) is 6.42 Å². The Labute approximate surface area is 255 Å². The summed E-state index contributed by atoms with van der Waals surface area (Å²) in [6, 6.07) is 0. The van der Waals surface area contributed by atoms with Crippen LogP contribution >= 0.6 is 0 Å². The number of allylic oxidation sites excluding steroid dienone is 9. The van der Waals surface area contributed by atoms with Gasteiger partial charge in [-0.2, -0.15) is 0 Å². The Kier molecular flexibility index (Phi) is 19.9. The summed E-state index contributed by atoms with van der Waals surface area (Å²) >= 11 is 0. The van der Waals surface area contributed by atoms with Crippen LogP contribution < -0.4 is 16.0 Å². The van der Waals surface area contributed by atoms with Crippen molar-refractivity contribution in [1.82, 2.24) is 16.0 Å². The summed E-state index contributed by atoms with van der Waals surface area (Å²) in [6.07, 6.45) is 16.7. The van der Waals surface area contributed by atoms with E-state index in [4.69, 9.17) is 0 Å². The van der Waals surface area contributed by atoms with Crippen LogP contribution in [0.3, 0.4) is 0 Å². The second kappa shape index (κ2) is 21.5. The lowest BCUT2D eigenvalue weighted by Gasteiger charge is -2.25. The summed E-state index contributed by atoms with van der Waals surface area (Å²) < 4.78 is 0. The van der Waals surface area contributed by atoms with Crippen LogP contribution in [0.4, 0.5) is 0 Å². The van der Waals surface area contributed by atoms with Crippen molar-refractivity contribution in [3.63, 3.8) is 0 Å². The third-order valence-corrected chi connectivity index (χ3v) is 6.62. The highest BCUT2D eigenvalue weighted by molar-refractivity contribution is 6.11. The van der Waals surface area contributed by atoms with Gasteiger partial charge >= 0.3 is 0 Å². The van der Waals surface area contributed by atoms with E-state index in [2.05, 4.69) is 48.0 Å². The van der Waals surface area contributed by atoms with Crippen LogP contribution in [0.5, 0.6) is 0 Å². The number of hydrogen-bond donors (Lipinski definition) is 4. The lowest BCUT2D eigenvalue weighted by Crippen LogP contribution is -2.59. The molecule has 0 aromatic rings. The van der Waals surface area contributed by atoms with Gasteiger partial charge in [-0.1, -0.05) is 69.9 Å². The highest BCUT2D eigenvalue weighted by atomic mass is 16.3. The van der Waals surface area contributed by atoms with Crippen molar-refractivity contribution in [2.24, 2.45) is 0 Å². The minimum Gasteiger partial charge on any atom is -0.371 e. The maximum Gasteiger partial charge on any atom is 0.262 e. The Hall–Kier alpha value is -3.19. The monoisotopic (exact) mass is 583 g/mol. The van der Waals surface area contributed by atoms with Crippen LogP contribution in [0.1, 0.15) is 107 Å². The van der Waals surface area contributed by atoms with Crippen molar-refractivity contribution in [1.29, 1.82) is 0 Å². The molecule has 0 aliphatic heterocycles. The number of nitrogens with one attached hydrogen (secondary N) is 3. The molecule has 0 aromatic carbocycles. The van der Waals surface area contributed by atoms with E-state index in [1.165, 1.54) is 16.7 Å². The highest BCUT2D eigenvalue weighted by Gasteiger charge is 2.45. The summed E-state index contributed by atoms with van der Waals surface area (Å²) in [6.45, 7) is 18.8. The molecule has 0 aliphatic rings. The summed E-state index contributed by atoms with van der Waals surface area (Å²) in [7, 11) is 0. The van der Waals surface area contributed by atoms with Crippen molar-refractivity contribution in [3.05, 3.63) is 69.9 Å². The first-order valence-electron chi connectivity index (χ1n) is 15.1. The average molecular weight is 584 g/mol. The van der Waals surface area contributed by atoms with Crippen LogP contribution in [0, 0.1) is 0 Å². The predicted molar refractivity (Wildman–Crippen MR) is 176 cm³/mol. The number of carbonyl (C=O) groups excluding carboxylic acids is 3. The van der Waals surface area contributed by atoms with Crippen molar-refractivity contribution < 1.29 is 19.5 Å². The molecule has 42 heavy (non-hydrogen) atoms.